The van der Waals surface area contributed by atoms with Gasteiger partial charge in [0.25, 0.3) is 0 Å². The molecule has 0 aliphatic carbocycles. The largest absolute Gasteiger partial charge is 0.317 e. The molecule has 2 rings (SSSR count). The molecule has 96 valence electrons. The van der Waals surface area contributed by atoms with Crippen LogP contribution in [0.5, 0.6) is 0 Å². The maximum atomic E-state index is 4.25. The highest BCUT2D eigenvalue weighted by Crippen LogP contribution is 2.15. The molecule has 0 bridgehead atoms. The van der Waals surface area contributed by atoms with Crippen LogP contribution in [0.3, 0.4) is 0 Å². The molecule has 0 spiro atoms. The van der Waals surface area contributed by atoms with Gasteiger partial charge in [-0.15, -0.1) is 0 Å². The molecule has 17 heavy (non-hydrogen) atoms. The number of hydrogen-bond donors (Lipinski definition) is 1. The number of aromatic nitrogens is 2. The SMILES string of the molecule is CCNCC1CCCN(CCn2cccn2)C1. The predicted octanol–water partition coefficient (Wildman–Crippen LogP) is 1.20. The predicted molar refractivity (Wildman–Crippen MR) is 69.9 cm³/mol. The number of nitrogens with one attached hydrogen (secondary N) is 1. The van der Waals surface area contributed by atoms with Gasteiger partial charge < -0.3 is 10.2 Å². The molecule has 0 amide bonds. The topological polar surface area (TPSA) is 33.1 Å². The van der Waals surface area contributed by atoms with Crippen LogP contribution in [-0.4, -0.2) is 47.4 Å². The van der Waals surface area contributed by atoms with Gasteiger partial charge in [-0.25, -0.2) is 0 Å². The monoisotopic (exact) mass is 236 g/mol. The minimum Gasteiger partial charge on any atom is -0.317 e. The Kier molecular flexibility index (Phi) is 5.01. The third-order valence-electron chi connectivity index (χ3n) is 3.49. The van der Waals surface area contributed by atoms with Gasteiger partial charge in [-0.1, -0.05) is 6.92 Å². The van der Waals surface area contributed by atoms with E-state index >= 15 is 0 Å². The van der Waals surface area contributed by atoms with Crippen molar-refractivity contribution in [3.8, 4) is 0 Å². The van der Waals surface area contributed by atoms with E-state index in [2.05, 4.69) is 22.2 Å². The van der Waals surface area contributed by atoms with Crippen molar-refractivity contribution < 1.29 is 0 Å². The molecule has 1 aliphatic heterocycles. The van der Waals surface area contributed by atoms with Crippen LogP contribution in [0.25, 0.3) is 0 Å². The second-order valence-corrected chi connectivity index (χ2v) is 4.89. The van der Waals surface area contributed by atoms with E-state index in [0.717, 1.165) is 25.6 Å². The second kappa shape index (κ2) is 6.77. The second-order valence-electron chi connectivity index (χ2n) is 4.89. The summed E-state index contributed by atoms with van der Waals surface area (Å²) >= 11 is 0. The molecular weight excluding hydrogens is 212 g/mol. The van der Waals surface area contributed by atoms with E-state index in [1.165, 1.54) is 32.5 Å². The highest BCUT2D eigenvalue weighted by atomic mass is 15.3. The first kappa shape index (κ1) is 12.6. The van der Waals surface area contributed by atoms with Crippen LogP contribution in [0.1, 0.15) is 19.8 Å². The first-order valence-corrected chi connectivity index (χ1v) is 6.79. The Bertz CT molecular complexity index is 296. The first-order valence-electron chi connectivity index (χ1n) is 6.79. The fourth-order valence-corrected chi connectivity index (χ4v) is 2.55. The van der Waals surface area contributed by atoms with Gasteiger partial charge in [0.2, 0.25) is 0 Å². The maximum Gasteiger partial charge on any atom is 0.0536 e. The van der Waals surface area contributed by atoms with E-state index in [1.54, 1.807) is 0 Å². The quantitative estimate of drug-likeness (QED) is 0.806. The number of likely N-dealkylation sites (tertiary alicyclic amines) is 1. The zero-order chi connectivity index (χ0) is 11.9. The number of rotatable bonds is 6. The highest BCUT2D eigenvalue weighted by Gasteiger charge is 2.18. The molecule has 1 saturated heterocycles. The Labute approximate surface area is 104 Å². The molecule has 0 saturated carbocycles. The molecule has 1 unspecified atom stereocenters. The number of piperidine rings is 1. The van der Waals surface area contributed by atoms with Gasteiger partial charge in [0.05, 0.1) is 6.54 Å². The van der Waals surface area contributed by atoms with Crippen molar-refractivity contribution in [2.75, 3.05) is 32.7 Å². The lowest BCUT2D eigenvalue weighted by Crippen LogP contribution is -2.41. The van der Waals surface area contributed by atoms with Crippen molar-refractivity contribution >= 4 is 0 Å². The summed E-state index contributed by atoms with van der Waals surface area (Å²) < 4.78 is 2.02. The average Bonchev–Trinajstić information content (AvgIpc) is 2.87. The summed E-state index contributed by atoms with van der Waals surface area (Å²) in [5.41, 5.74) is 0. The molecule has 2 heterocycles. The summed E-state index contributed by atoms with van der Waals surface area (Å²) in [6.45, 7) is 9.08. The summed E-state index contributed by atoms with van der Waals surface area (Å²) in [5.74, 6) is 0.835. The summed E-state index contributed by atoms with van der Waals surface area (Å²) in [6, 6.07) is 1.99. The van der Waals surface area contributed by atoms with Crippen molar-refractivity contribution in [3.05, 3.63) is 18.5 Å². The van der Waals surface area contributed by atoms with Crippen molar-refractivity contribution in [2.45, 2.75) is 26.3 Å². The van der Waals surface area contributed by atoms with E-state index in [1.807, 2.05) is 23.1 Å². The lowest BCUT2D eigenvalue weighted by atomic mass is 9.98. The maximum absolute atomic E-state index is 4.25. The smallest absolute Gasteiger partial charge is 0.0536 e. The van der Waals surface area contributed by atoms with Crippen molar-refractivity contribution in [2.24, 2.45) is 5.92 Å². The van der Waals surface area contributed by atoms with Gasteiger partial charge in [0, 0.05) is 25.5 Å². The minimum absolute atomic E-state index is 0.835. The van der Waals surface area contributed by atoms with Crippen molar-refractivity contribution in [1.82, 2.24) is 20.0 Å². The number of hydrogen-bond acceptors (Lipinski definition) is 3. The van der Waals surface area contributed by atoms with E-state index in [9.17, 15) is 0 Å². The van der Waals surface area contributed by atoms with Crippen molar-refractivity contribution in [3.63, 3.8) is 0 Å². The Morgan fingerprint density at radius 3 is 3.12 bits per heavy atom. The van der Waals surface area contributed by atoms with Gasteiger partial charge in [-0.3, -0.25) is 4.68 Å². The van der Waals surface area contributed by atoms with Crippen LogP contribution in [0.2, 0.25) is 0 Å². The highest BCUT2D eigenvalue weighted by molar-refractivity contribution is 4.79. The summed E-state index contributed by atoms with van der Waals surface area (Å²) in [5, 5.41) is 7.71. The Morgan fingerprint density at radius 2 is 2.35 bits per heavy atom. The Balaban J connectivity index is 1.69. The molecule has 1 aromatic heterocycles. The molecule has 4 nitrogen and oxygen atoms in total. The van der Waals surface area contributed by atoms with Gasteiger partial charge in [0.1, 0.15) is 0 Å². The van der Waals surface area contributed by atoms with Crippen LogP contribution in [-0.2, 0) is 6.54 Å². The lowest BCUT2D eigenvalue weighted by molar-refractivity contribution is 0.166. The van der Waals surface area contributed by atoms with Crippen molar-refractivity contribution in [1.29, 1.82) is 0 Å². The minimum atomic E-state index is 0.835. The normalized spacial score (nSPS) is 21.8. The molecule has 0 radical (unpaired) electrons. The Morgan fingerprint density at radius 1 is 1.41 bits per heavy atom. The van der Waals surface area contributed by atoms with Crippen LogP contribution in [0.4, 0.5) is 0 Å². The summed E-state index contributed by atoms with van der Waals surface area (Å²) in [7, 11) is 0. The molecule has 1 fully saturated rings. The van der Waals surface area contributed by atoms with Crippen LogP contribution >= 0.6 is 0 Å². The molecule has 1 atom stereocenters. The van der Waals surface area contributed by atoms with E-state index in [0.29, 0.717) is 0 Å². The molecule has 4 heteroatoms. The van der Waals surface area contributed by atoms with E-state index in [-0.39, 0.29) is 0 Å². The first-order chi connectivity index (χ1) is 8.38. The van der Waals surface area contributed by atoms with Gasteiger partial charge in [-0.2, -0.15) is 5.10 Å². The molecule has 1 aliphatic rings. The van der Waals surface area contributed by atoms with Gasteiger partial charge in [-0.05, 0) is 44.5 Å². The lowest BCUT2D eigenvalue weighted by Gasteiger charge is -2.32. The van der Waals surface area contributed by atoms with E-state index < -0.39 is 0 Å². The zero-order valence-electron chi connectivity index (χ0n) is 10.8. The van der Waals surface area contributed by atoms with Crippen LogP contribution < -0.4 is 5.32 Å². The number of nitrogens with zero attached hydrogens (tertiary/aromatic N) is 3. The molecule has 0 aromatic carbocycles. The van der Waals surface area contributed by atoms with Gasteiger partial charge >= 0.3 is 0 Å². The summed E-state index contributed by atoms with van der Waals surface area (Å²) in [6.07, 6.45) is 6.62. The molecular formula is C13H24N4. The van der Waals surface area contributed by atoms with Crippen LogP contribution in [0.15, 0.2) is 18.5 Å². The molecule has 1 N–H and O–H groups in total. The third-order valence-corrected chi connectivity index (χ3v) is 3.49. The summed E-state index contributed by atoms with van der Waals surface area (Å²) in [4.78, 5) is 2.58. The standard InChI is InChI=1S/C13H24N4/c1-2-14-11-13-5-3-7-16(12-13)9-10-17-8-4-6-15-17/h4,6,8,13-14H,2-3,5,7,9-12H2,1H3. The fraction of sp³-hybridized carbons (Fsp3) is 0.769. The van der Waals surface area contributed by atoms with Crippen LogP contribution in [0, 0.1) is 5.92 Å². The molecule has 1 aromatic rings. The Hall–Kier alpha value is -0.870. The average molecular weight is 236 g/mol. The zero-order valence-corrected chi connectivity index (χ0v) is 10.8. The third kappa shape index (κ3) is 4.13. The van der Waals surface area contributed by atoms with Gasteiger partial charge in [0.15, 0.2) is 0 Å². The van der Waals surface area contributed by atoms with E-state index in [4.69, 9.17) is 0 Å². The fourth-order valence-electron chi connectivity index (χ4n) is 2.55.